The van der Waals surface area contributed by atoms with Crippen molar-refractivity contribution in [1.29, 1.82) is 0 Å². The largest absolute Gasteiger partial charge is 0.462 e. The molecular weight excluding hydrogens is 344 g/mol. The van der Waals surface area contributed by atoms with Crippen LogP contribution in [0, 0.1) is 0 Å². The Morgan fingerprint density at radius 3 is 2.30 bits per heavy atom. The van der Waals surface area contributed by atoms with Gasteiger partial charge in [0, 0.05) is 11.4 Å². The number of amides is 1. The smallest absolute Gasteiger partial charge is 0.338 e. The molecule has 27 heavy (non-hydrogen) atoms. The van der Waals surface area contributed by atoms with E-state index < -0.39 is 0 Å². The molecule has 0 fully saturated rings. The Bertz CT molecular complexity index is 910. The second kappa shape index (κ2) is 8.57. The summed E-state index contributed by atoms with van der Waals surface area (Å²) in [5, 5.41) is 5.81. The Morgan fingerprint density at radius 1 is 0.926 bits per heavy atom. The third-order valence-corrected chi connectivity index (χ3v) is 3.58. The van der Waals surface area contributed by atoms with E-state index in [1.165, 1.54) is 12.4 Å². The molecule has 0 aliphatic rings. The molecule has 0 aliphatic heterocycles. The van der Waals surface area contributed by atoms with Crippen molar-refractivity contribution in [2.24, 2.45) is 0 Å². The normalized spacial score (nSPS) is 10.1. The van der Waals surface area contributed by atoms with Gasteiger partial charge in [-0.2, -0.15) is 0 Å². The van der Waals surface area contributed by atoms with Crippen LogP contribution in [0.4, 0.5) is 17.2 Å². The molecule has 0 bridgehead atoms. The summed E-state index contributed by atoms with van der Waals surface area (Å²) >= 11 is 0. The molecule has 0 radical (unpaired) electrons. The van der Waals surface area contributed by atoms with Crippen LogP contribution in [-0.4, -0.2) is 28.5 Å². The number of esters is 1. The molecule has 1 heterocycles. The average molecular weight is 362 g/mol. The Hall–Kier alpha value is -3.74. The van der Waals surface area contributed by atoms with Crippen LogP contribution < -0.4 is 10.6 Å². The van der Waals surface area contributed by atoms with Crippen molar-refractivity contribution in [3.8, 4) is 0 Å². The number of anilines is 3. The number of carbonyl (C=O) groups excluding carboxylic acids is 2. The molecule has 2 aromatic carbocycles. The fourth-order valence-corrected chi connectivity index (χ4v) is 2.28. The number of hydrogen-bond donors (Lipinski definition) is 2. The first-order valence-corrected chi connectivity index (χ1v) is 8.38. The number of para-hydroxylation sites is 1. The zero-order valence-electron chi connectivity index (χ0n) is 14.7. The lowest BCUT2D eigenvalue weighted by molar-refractivity contribution is 0.0526. The first kappa shape index (κ1) is 18.1. The van der Waals surface area contributed by atoms with Gasteiger partial charge in [-0.1, -0.05) is 18.2 Å². The van der Waals surface area contributed by atoms with Crippen molar-refractivity contribution in [3.63, 3.8) is 0 Å². The molecule has 7 nitrogen and oxygen atoms in total. The van der Waals surface area contributed by atoms with Crippen LogP contribution in [0.25, 0.3) is 0 Å². The van der Waals surface area contributed by atoms with Crippen LogP contribution in [0.2, 0.25) is 0 Å². The molecule has 7 heteroatoms. The first-order valence-electron chi connectivity index (χ1n) is 8.38. The van der Waals surface area contributed by atoms with Crippen LogP contribution in [0.1, 0.15) is 27.8 Å². The van der Waals surface area contributed by atoms with E-state index in [2.05, 4.69) is 20.6 Å². The monoisotopic (exact) mass is 362 g/mol. The third kappa shape index (κ3) is 4.88. The SMILES string of the molecule is CCOC(=O)c1ccc(Nc2cnc(C(=O)Nc3ccccc3)cn2)cc1. The van der Waals surface area contributed by atoms with E-state index in [9.17, 15) is 9.59 Å². The van der Waals surface area contributed by atoms with Gasteiger partial charge in [0.15, 0.2) is 0 Å². The number of hydrogen-bond acceptors (Lipinski definition) is 6. The predicted octanol–water partition coefficient (Wildman–Crippen LogP) is 3.65. The summed E-state index contributed by atoms with van der Waals surface area (Å²) in [6.45, 7) is 2.09. The molecule has 3 aromatic rings. The molecule has 0 unspecified atom stereocenters. The van der Waals surface area contributed by atoms with E-state index in [1.807, 2.05) is 18.2 Å². The molecule has 0 aliphatic carbocycles. The Kier molecular flexibility index (Phi) is 5.73. The highest BCUT2D eigenvalue weighted by Gasteiger charge is 2.09. The van der Waals surface area contributed by atoms with Crippen LogP contribution >= 0.6 is 0 Å². The van der Waals surface area contributed by atoms with Crippen molar-refractivity contribution < 1.29 is 14.3 Å². The Balaban J connectivity index is 1.62. The van der Waals surface area contributed by atoms with Crippen molar-refractivity contribution in [2.75, 3.05) is 17.2 Å². The lowest BCUT2D eigenvalue weighted by Crippen LogP contribution is -2.14. The fraction of sp³-hybridized carbons (Fsp3) is 0.100. The van der Waals surface area contributed by atoms with E-state index >= 15 is 0 Å². The number of benzene rings is 2. The molecule has 0 saturated carbocycles. The highest BCUT2D eigenvalue weighted by atomic mass is 16.5. The minimum absolute atomic E-state index is 0.210. The molecule has 0 atom stereocenters. The second-order valence-corrected chi connectivity index (χ2v) is 5.53. The van der Waals surface area contributed by atoms with Crippen molar-refractivity contribution in [1.82, 2.24) is 9.97 Å². The van der Waals surface area contributed by atoms with E-state index in [1.54, 1.807) is 43.3 Å². The zero-order chi connectivity index (χ0) is 19.1. The van der Waals surface area contributed by atoms with Crippen molar-refractivity contribution >= 4 is 29.1 Å². The highest BCUT2D eigenvalue weighted by molar-refractivity contribution is 6.02. The van der Waals surface area contributed by atoms with E-state index in [0.717, 1.165) is 5.69 Å². The van der Waals surface area contributed by atoms with Gasteiger partial charge in [-0.15, -0.1) is 0 Å². The van der Waals surface area contributed by atoms with Crippen molar-refractivity contribution in [2.45, 2.75) is 6.92 Å². The maximum Gasteiger partial charge on any atom is 0.338 e. The lowest BCUT2D eigenvalue weighted by atomic mass is 10.2. The van der Waals surface area contributed by atoms with E-state index in [-0.39, 0.29) is 17.6 Å². The summed E-state index contributed by atoms with van der Waals surface area (Å²) in [5.74, 6) is -0.216. The molecule has 0 spiro atoms. The number of aromatic nitrogens is 2. The van der Waals surface area contributed by atoms with E-state index in [0.29, 0.717) is 23.7 Å². The lowest BCUT2D eigenvalue weighted by Gasteiger charge is -2.08. The predicted molar refractivity (Wildman–Crippen MR) is 102 cm³/mol. The number of ether oxygens (including phenoxy) is 1. The summed E-state index contributed by atoms with van der Waals surface area (Å²) in [7, 11) is 0. The Morgan fingerprint density at radius 2 is 1.67 bits per heavy atom. The second-order valence-electron chi connectivity index (χ2n) is 5.53. The summed E-state index contributed by atoms with van der Waals surface area (Å²) in [5.41, 5.74) is 2.11. The Labute approximate surface area is 156 Å². The minimum atomic E-state index is -0.363. The summed E-state index contributed by atoms with van der Waals surface area (Å²) in [6.07, 6.45) is 2.87. The number of carbonyl (C=O) groups is 2. The molecule has 3 rings (SSSR count). The number of rotatable bonds is 6. The molecule has 1 aromatic heterocycles. The van der Waals surface area contributed by atoms with Crippen LogP contribution in [-0.2, 0) is 4.74 Å². The summed E-state index contributed by atoms with van der Waals surface area (Å²) < 4.78 is 4.94. The van der Waals surface area contributed by atoms with Gasteiger partial charge < -0.3 is 15.4 Å². The minimum Gasteiger partial charge on any atom is -0.462 e. The van der Waals surface area contributed by atoms with E-state index in [4.69, 9.17) is 4.74 Å². The molecular formula is C20H18N4O3. The fourth-order valence-electron chi connectivity index (χ4n) is 2.28. The summed E-state index contributed by atoms with van der Waals surface area (Å²) in [6, 6.07) is 15.9. The van der Waals surface area contributed by atoms with Gasteiger partial charge in [0.1, 0.15) is 11.5 Å². The molecule has 0 saturated heterocycles. The number of nitrogens with zero attached hydrogens (tertiary/aromatic N) is 2. The van der Waals surface area contributed by atoms with Gasteiger partial charge in [-0.25, -0.2) is 14.8 Å². The van der Waals surface area contributed by atoms with Gasteiger partial charge in [-0.3, -0.25) is 4.79 Å². The quantitative estimate of drug-likeness (QED) is 0.650. The van der Waals surface area contributed by atoms with Gasteiger partial charge in [0.05, 0.1) is 24.6 Å². The maximum atomic E-state index is 12.2. The van der Waals surface area contributed by atoms with Crippen molar-refractivity contribution in [3.05, 3.63) is 78.2 Å². The maximum absolute atomic E-state index is 12.2. The number of nitrogens with one attached hydrogen (secondary N) is 2. The van der Waals surface area contributed by atoms with Gasteiger partial charge in [0.25, 0.3) is 5.91 Å². The topological polar surface area (TPSA) is 93.2 Å². The van der Waals surface area contributed by atoms with Crippen LogP contribution in [0.5, 0.6) is 0 Å². The first-order chi connectivity index (χ1) is 13.2. The van der Waals surface area contributed by atoms with Gasteiger partial charge in [0.2, 0.25) is 0 Å². The van der Waals surface area contributed by atoms with Gasteiger partial charge >= 0.3 is 5.97 Å². The summed E-state index contributed by atoms with van der Waals surface area (Å²) in [4.78, 5) is 32.1. The average Bonchev–Trinajstić information content (AvgIpc) is 2.70. The molecule has 136 valence electrons. The third-order valence-electron chi connectivity index (χ3n) is 3.58. The standard InChI is InChI=1S/C20H18N4O3/c1-2-27-20(26)14-8-10-16(11-9-14)23-18-13-21-17(12-22-18)19(25)24-15-6-4-3-5-7-15/h3-13H,2H2,1H3,(H,22,23)(H,24,25). The highest BCUT2D eigenvalue weighted by Crippen LogP contribution is 2.15. The van der Waals surface area contributed by atoms with Gasteiger partial charge in [-0.05, 0) is 43.3 Å². The van der Waals surface area contributed by atoms with Crippen LogP contribution in [0.15, 0.2) is 67.0 Å². The zero-order valence-corrected chi connectivity index (χ0v) is 14.7. The molecule has 2 N–H and O–H groups in total. The van der Waals surface area contributed by atoms with Crippen LogP contribution in [0.3, 0.4) is 0 Å². The molecule has 1 amide bonds.